The summed E-state index contributed by atoms with van der Waals surface area (Å²) in [5.41, 5.74) is 124. The average Bonchev–Trinajstić information content (AvgIpc) is 0.805. The molecule has 0 radical (unpaired) electrons. The molecule has 0 saturated carbocycles. The quantitative estimate of drug-likeness (QED) is 0.0688. The second kappa shape index (κ2) is 40.4. The number of hydrogen-bond acceptors (Lipinski definition) is 18. The van der Waals surface area contributed by atoms with Gasteiger partial charge >= 0.3 is 6.18 Å². The van der Waals surface area contributed by atoms with Crippen molar-refractivity contribution in [3.8, 4) is 0 Å². The molecule has 0 aliphatic carbocycles. The minimum atomic E-state index is -4.43. The molecule has 0 aliphatic rings. The van der Waals surface area contributed by atoms with Crippen molar-refractivity contribution < 1.29 is 13.2 Å². The molecule has 0 fully saturated rings. The summed E-state index contributed by atoms with van der Waals surface area (Å²) in [5.74, 6) is 0. The molecular formula is C78H101F3N18. The van der Waals surface area contributed by atoms with E-state index in [1.54, 1.807) is 54.6 Å². The number of rotatable bonds is 6. The molecule has 0 saturated heterocycles. The second-order valence-electron chi connectivity index (χ2n) is 23.2. The monoisotopic (exact) mass is 1350 g/mol. The molecule has 0 aromatic heterocycles. The van der Waals surface area contributed by atoms with Crippen molar-refractivity contribution in [3.05, 3.63) is 296 Å². The zero-order valence-corrected chi connectivity index (χ0v) is 57.6. The van der Waals surface area contributed by atoms with E-state index in [1.165, 1.54) is 17.2 Å². The third-order valence-electron chi connectivity index (χ3n) is 15.1. The summed E-state index contributed by atoms with van der Waals surface area (Å²) in [6.45, 7) is 15.0. The molecule has 524 valence electrons. The summed E-state index contributed by atoms with van der Waals surface area (Å²) in [6.07, 6.45) is -2.73. The average molecular weight is 1350 g/mol. The van der Waals surface area contributed by atoms with Gasteiger partial charge in [0.15, 0.2) is 0 Å². The normalized spacial score (nSPS) is 10.0. The molecule has 21 heteroatoms. The molecule has 11 aromatic carbocycles. The third-order valence-corrected chi connectivity index (χ3v) is 15.1. The predicted octanol–water partition coefficient (Wildman–Crippen LogP) is 13.8. The molecular weight excluding hydrogens is 1250 g/mol. The molecule has 0 aliphatic heterocycles. The first-order valence-corrected chi connectivity index (χ1v) is 31.3. The molecule has 0 bridgehead atoms. The lowest BCUT2D eigenvalue weighted by Crippen LogP contribution is -2.09. The first-order chi connectivity index (χ1) is 46.6. The van der Waals surface area contributed by atoms with Crippen LogP contribution in [-0.4, -0.2) is 0 Å². The van der Waals surface area contributed by atoms with Gasteiger partial charge in [-0.25, -0.2) is 0 Å². The van der Waals surface area contributed by atoms with E-state index in [9.17, 15) is 13.2 Å². The fourth-order valence-electron chi connectivity index (χ4n) is 8.96. The van der Waals surface area contributed by atoms with Gasteiger partial charge in [-0.1, -0.05) is 91.0 Å². The largest absolute Gasteiger partial charge is 0.418 e. The maximum Gasteiger partial charge on any atom is 0.418 e. The second-order valence-corrected chi connectivity index (χ2v) is 23.2. The number of nitrogen functional groups attached to an aromatic ring is 16. The summed E-state index contributed by atoms with van der Waals surface area (Å²) in [5, 5.41) is 0. The molecule has 36 N–H and O–H groups in total. The predicted molar refractivity (Wildman–Crippen MR) is 421 cm³/mol. The van der Waals surface area contributed by atoms with Gasteiger partial charge in [0.25, 0.3) is 0 Å². The van der Waals surface area contributed by atoms with Crippen molar-refractivity contribution in [1.29, 1.82) is 0 Å². The van der Waals surface area contributed by atoms with E-state index in [0.717, 1.165) is 154 Å². The van der Waals surface area contributed by atoms with E-state index in [4.69, 9.17) is 103 Å². The van der Waals surface area contributed by atoms with E-state index in [-0.39, 0.29) is 11.4 Å². The van der Waals surface area contributed by atoms with Gasteiger partial charge in [-0.2, -0.15) is 13.2 Å². The van der Waals surface area contributed by atoms with Gasteiger partial charge in [0.05, 0.1) is 5.56 Å². The Kier molecular flexibility index (Phi) is 33.1. The molecule has 0 heterocycles. The lowest BCUT2D eigenvalue weighted by molar-refractivity contribution is -0.136. The number of nitrogens with two attached hydrogens (primary N) is 18. The maximum atomic E-state index is 12.1. The van der Waals surface area contributed by atoms with Crippen LogP contribution < -0.4 is 103 Å². The Labute approximate surface area is 581 Å². The van der Waals surface area contributed by atoms with Crippen molar-refractivity contribution in [1.82, 2.24) is 0 Å². The molecule has 0 atom stereocenters. The van der Waals surface area contributed by atoms with Crippen molar-refractivity contribution in [2.75, 3.05) is 91.7 Å². The highest BCUT2D eigenvalue weighted by Gasteiger charge is 2.33. The van der Waals surface area contributed by atoms with Crippen LogP contribution in [0.15, 0.2) is 218 Å². The van der Waals surface area contributed by atoms with Gasteiger partial charge in [-0.3, -0.25) is 0 Å². The SMILES string of the molecule is Cc1c(C)c(N)c(C)c(C)c1N.Cc1cc(N)c(C)cc1N.Cc1cc(N)ccc1N.NCc1cccc(CN)c1.Nc1cc(N)cc(Cc2ccccc2)c1.Nc1ccc(N)c(C(F)(F)F)c1.Nc1ccc(N)c(Cc2ccccc2)c1.Nc1ccc(N)cc1.Nc1cccc(N)c1. The van der Waals surface area contributed by atoms with Crippen LogP contribution in [-0.2, 0) is 32.1 Å². The fourth-order valence-corrected chi connectivity index (χ4v) is 8.96. The lowest BCUT2D eigenvalue weighted by Gasteiger charge is -2.14. The van der Waals surface area contributed by atoms with Crippen LogP contribution in [0.1, 0.15) is 77.9 Å². The van der Waals surface area contributed by atoms with E-state index >= 15 is 0 Å². The minimum absolute atomic E-state index is 0.0523. The zero-order valence-electron chi connectivity index (χ0n) is 57.6. The number of alkyl halides is 3. The van der Waals surface area contributed by atoms with Crippen molar-refractivity contribution in [2.45, 2.75) is 80.6 Å². The Morgan fingerprint density at radius 3 is 0.960 bits per heavy atom. The minimum Gasteiger partial charge on any atom is -0.399 e. The molecule has 0 amide bonds. The van der Waals surface area contributed by atoms with Crippen LogP contribution in [0.4, 0.5) is 104 Å². The van der Waals surface area contributed by atoms with Crippen LogP contribution in [0.2, 0.25) is 0 Å². The first kappa shape index (κ1) is 81.2. The molecule has 18 nitrogen and oxygen atoms in total. The zero-order chi connectivity index (χ0) is 74.1. The number of benzene rings is 11. The Balaban J connectivity index is 0.000000292. The van der Waals surface area contributed by atoms with Crippen LogP contribution in [0, 0.1) is 48.5 Å². The fraction of sp³-hybridized carbons (Fsp3) is 0.154. The third kappa shape index (κ3) is 29.6. The highest BCUT2D eigenvalue weighted by molar-refractivity contribution is 5.70. The van der Waals surface area contributed by atoms with Gasteiger partial charge in [0.1, 0.15) is 0 Å². The topological polar surface area (TPSA) is 468 Å². The van der Waals surface area contributed by atoms with Crippen molar-refractivity contribution in [3.63, 3.8) is 0 Å². The summed E-state index contributed by atoms with van der Waals surface area (Å²) in [7, 11) is 0. The Hall–Kier alpha value is -12.1. The van der Waals surface area contributed by atoms with E-state index in [0.29, 0.717) is 24.5 Å². The number of hydrogen-bond donors (Lipinski definition) is 18. The Morgan fingerprint density at radius 2 is 0.586 bits per heavy atom. The van der Waals surface area contributed by atoms with Gasteiger partial charge in [0, 0.05) is 104 Å². The molecule has 11 aromatic rings. The Bertz CT molecular complexity index is 4030. The number of anilines is 16. The number of halogens is 3. The van der Waals surface area contributed by atoms with Gasteiger partial charge < -0.3 is 103 Å². The van der Waals surface area contributed by atoms with Crippen LogP contribution in [0.5, 0.6) is 0 Å². The highest BCUT2D eigenvalue weighted by Crippen LogP contribution is 2.35. The maximum absolute atomic E-state index is 12.1. The van der Waals surface area contributed by atoms with E-state index < -0.39 is 11.7 Å². The molecule has 0 unspecified atom stereocenters. The summed E-state index contributed by atoms with van der Waals surface area (Å²) >= 11 is 0. The Morgan fingerprint density at radius 1 is 0.253 bits per heavy atom. The van der Waals surface area contributed by atoms with Gasteiger partial charge in [-0.15, -0.1) is 0 Å². The van der Waals surface area contributed by atoms with Crippen LogP contribution in [0.3, 0.4) is 0 Å². The smallest absolute Gasteiger partial charge is 0.399 e. The van der Waals surface area contributed by atoms with E-state index in [2.05, 4.69) is 24.3 Å². The first-order valence-electron chi connectivity index (χ1n) is 31.3. The van der Waals surface area contributed by atoms with Crippen LogP contribution in [0.25, 0.3) is 0 Å². The summed E-state index contributed by atoms with van der Waals surface area (Å²) in [6, 6.07) is 66.6. The molecule has 11 rings (SSSR count). The molecule has 0 spiro atoms. The van der Waals surface area contributed by atoms with Gasteiger partial charge in [0.2, 0.25) is 0 Å². The lowest BCUT2D eigenvalue weighted by atomic mass is 9.97. The van der Waals surface area contributed by atoms with Crippen LogP contribution >= 0.6 is 0 Å². The van der Waals surface area contributed by atoms with Gasteiger partial charge in [-0.05, 0) is 261 Å². The molecule has 99 heavy (non-hydrogen) atoms. The highest BCUT2D eigenvalue weighted by atomic mass is 19.4. The summed E-state index contributed by atoms with van der Waals surface area (Å²) in [4.78, 5) is 0. The summed E-state index contributed by atoms with van der Waals surface area (Å²) < 4.78 is 36.3. The number of aryl methyl sites for hydroxylation is 3. The van der Waals surface area contributed by atoms with E-state index in [1.807, 2.05) is 170 Å². The van der Waals surface area contributed by atoms with Crippen molar-refractivity contribution in [2.24, 2.45) is 11.5 Å². The van der Waals surface area contributed by atoms with Crippen molar-refractivity contribution >= 4 is 91.0 Å². The standard InChI is InChI=1S/2C13H14N2.C10H16N2.2C8H12N2.C7H7F3N2.C7H10N2.2C6H8N2/c14-12-7-11(8-13(15)9-12)6-10-4-2-1-3-5-10;14-12-6-7-13(15)11(9-12)8-10-4-2-1-3-5-10;1-5-6(2)10(12)8(4)7(3)9(5)11;1-5-3-8(10)6(2)4-7(5)9;9-5-7-2-1-3-8(4-7)6-10;8-7(9,10)5-3-4(11)1-2-6(5)12;1-5-4-6(8)2-3-7(5)9;7-5-1-2-6(8)4-3-5;7-5-2-1-3-6(8)4-5/h1-5,7-9H,6,14-15H2;1-7,9H,8,14-15H2;11-12H2,1-4H3;3-4H,9-10H2,1-2H3;1-4H,5-6,9-10H2;1-3H,11-12H2;2-4H,8-9H2,1H3;2*1-4H,7-8H2.